The van der Waals surface area contributed by atoms with Gasteiger partial charge in [-0.15, -0.1) is 0 Å². The van der Waals surface area contributed by atoms with Crippen LogP contribution in [0.2, 0.25) is 0 Å². The Morgan fingerprint density at radius 1 is 0.968 bits per heavy atom. The van der Waals surface area contributed by atoms with Gasteiger partial charge in [-0.05, 0) is 106 Å². The van der Waals surface area contributed by atoms with E-state index in [4.69, 9.17) is 15.3 Å². The van der Waals surface area contributed by atoms with E-state index in [0.29, 0.717) is 17.9 Å². The molecule has 2 fully saturated rings. The number of nitriles is 2. The van der Waals surface area contributed by atoms with Crippen LogP contribution in [0.3, 0.4) is 0 Å². The van der Waals surface area contributed by atoms with Gasteiger partial charge in [0.2, 0.25) is 0 Å². The fourth-order valence-electron chi connectivity index (χ4n) is 4.97. The predicted octanol–water partition coefficient (Wildman–Crippen LogP) is 7.12. The SMILES string of the molecule is N#C/C(F)=C/C=C/CC[C@H]1CC[C@H](OC[C@H]2CC[C@H](c3ccc(C#N)cc3)CC2)CC1. The number of hydrogen-bond donors (Lipinski definition) is 0. The Kier molecular flexibility index (Phi) is 9.32. The maximum Gasteiger partial charge on any atom is 0.199 e. The van der Waals surface area contributed by atoms with E-state index >= 15 is 0 Å². The average molecular weight is 421 g/mol. The van der Waals surface area contributed by atoms with Crippen molar-refractivity contribution < 1.29 is 9.13 Å². The van der Waals surface area contributed by atoms with E-state index in [1.54, 1.807) is 6.08 Å². The molecule has 0 spiro atoms. The molecule has 1 aromatic carbocycles. The Hall–Kier alpha value is -2.43. The number of nitrogens with zero attached hydrogens (tertiary/aromatic N) is 2. The van der Waals surface area contributed by atoms with Gasteiger partial charge >= 0.3 is 0 Å². The minimum atomic E-state index is -0.739. The minimum Gasteiger partial charge on any atom is -0.378 e. The van der Waals surface area contributed by atoms with Gasteiger partial charge in [-0.25, -0.2) is 0 Å². The standard InChI is InChI=1S/C27H33FN2O/c28-26(19-30)5-3-1-2-4-21-10-16-27(17-11-21)31-20-23-8-14-25(15-9-23)24-12-6-22(18-29)7-13-24/h1,3,5-7,12-13,21,23,25,27H,2,4,8-11,14-17,20H2/b3-1+,26-5-/t21-,23-,25-,27-. The molecule has 0 radical (unpaired) electrons. The third-order valence-corrected chi connectivity index (χ3v) is 6.95. The molecule has 2 aliphatic carbocycles. The van der Waals surface area contributed by atoms with E-state index in [1.165, 1.54) is 56.2 Å². The molecular formula is C27H33FN2O. The van der Waals surface area contributed by atoms with Crippen molar-refractivity contribution in [2.24, 2.45) is 11.8 Å². The van der Waals surface area contributed by atoms with Gasteiger partial charge in [-0.1, -0.05) is 24.3 Å². The Labute approximate surface area is 186 Å². The molecule has 0 N–H and O–H groups in total. The summed E-state index contributed by atoms with van der Waals surface area (Å²) in [7, 11) is 0. The lowest BCUT2D eigenvalue weighted by molar-refractivity contribution is -0.00824. The van der Waals surface area contributed by atoms with Crippen molar-refractivity contribution >= 4 is 0 Å². The van der Waals surface area contributed by atoms with E-state index in [2.05, 4.69) is 18.2 Å². The summed E-state index contributed by atoms with van der Waals surface area (Å²) in [6.45, 7) is 0.898. The smallest absolute Gasteiger partial charge is 0.199 e. The fourth-order valence-corrected chi connectivity index (χ4v) is 4.97. The first-order valence-corrected chi connectivity index (χ1v) is 11.7. The Balaban J connectivity index is 1.28. The van der Waals surface area contributed by atoms with Gasteiger partial charge in [0.25, 0.3) is 0 Å². The first kappa shape index (κ1) is 23.2. The topological polar surface area (TPSA) is 56.8 Å². The van der Waals surface area contributed by atoms with Crippen LogP contribution in [0.4, 0.5) is 4.39 Å². The van der Waals surface area contributed by atoms with E-state index in [9.17, 15) is 4.39 Å². The second-order valence-electron chi connectivity index (χ2n) is 9.06. The summed E-state index contributed by atoms with van der Waals surface area (Å²) in [6.07, 6.45) is 16.9. The number of halogens is 1. The largest absolute Gasteiger partial charge is 0.378 e. The summed E-state index contributed by atoms with van der Waals surface area (Å²) in [4.78, 5) is 0. The average Bonchev–Trinajstić information content (AvgIpc) is 2.83. The molecule has 0 bridgehead atoms. The van der Waals surface area contributed by atoms with Crippen molar-refractivity contribution in [2.75, 3.05) is 6.61 Å². The Morgan fingerprint density at radius 2 is 1.65 bits per heavy atom. The number of ether oxygens (including phenoxy) is 1. The van der Waals surface area contributed by atoms with Crippen molar-refractivity contribution in [2.45, 2.75) is 76.2 Å². The number of benzene rings is 1. The van der Waals surface area contributed by atoms with Gasteiger partial charge < -0.3 is 4.74 Å². The Bertz CT molecular complexity index is 814. The van der Waals surface area contributed by atoms with E-state index < -0.39 is 5.83 Å². The molecule has 3 nitrogen and oxygen atoms in total. The monoisotopic (exact) mass is 420 g/mol. The van der Waals surface area contributed by atoms with Crippen molar-refractivity contribution in [1.29, 1.82) is 10.5 Å². The zero-order valence-electron chi connectivity index (χ0n) is 18.3. The summed E-state index contributed by atoms with van der Waals surface area (Å²) in [5.74, 6) is 1.30. The predicted molar refractivity (Wildman–Crippen MR) is 121 cm³/mol. The van der Waals surface area contributed by atoms with Crippen LogP contribution in [0.1, 0.15) is 81.3 Å². The molecule has 3 rings (SSSR count). The van der Waals surface area contributed by atoms with Crippen LogP contribution in [-0.2, 0) is 4.74 Å². The molecule has 2 aliphatic rings. The van der Waals surface area contributed by atoms with Gasteiger partial charge in [0.1, 0.15) is 6.07 Å². The molecule has 0 aliphatic heterocycles. The van der Waals surface area contributed by atoms with Crippen molar-refractivity contribution in [3.05, 3.63) is 59.4 Å². The van der Waals surface area contributed by atoms with Crippen LogP contribution in [0.25, 0.3) is 0 Å². The van der Waals surface area contributed by atoms with Crippen LogP contribution in [0.5, 0.6) is 0 Å². The number of rotatable bonds is 8. The van der Waals surface area contributed by atoms with Crippen molar-refractivity contribution in [3.63, 3.8) is 0 Å². The molecule has 0 saturated heterocycles. The third-order valence-electron chi connectivity index (χ3n) is 6.95. The highest BCUT2D eigenvalue weighted by Gasteiger charge is 2.25. The second-order valence-corrected chi connectivity index (χ2v) is 9.06. The summed E-state index contributed by atoms with van der Waals surface area (Å²) >= 11 is 0. The molecule has 31 heavy (non-hydrogen) atoms. The molecule has 0 unspecified atom stereocenters. The van der Waals surface area contributed by atoms with Crippen LogP contribution in [0.15, 0.2) is 48.3 Å². The van der Waals surface area contributed by atoms with Gasteiger partial charge in [0.05, 0.1) is 17.7 Å². The summed E-state index contributed by atoms with van der Waals surface area (Å²) < 4.78 is 19.0. The summed E-state index contributed by atoms with van der Waals surface area (Å²) in [5, 5.41) is 17.3. The van der Waals surface area contributed by atoms with Gasteiger partial charge in [0.15, 0.2) is 5.83 Å². The Morgan fingerprint density at radius 3 is 2.29 bits per heavy atom. The molecule has 2 saturated carbocycles. The van der Waals surface area contributed by atoms with Crippen LogP contribution >= 0.6 is 0 Å². The second kappa shape index (κ2) is 12.4. The number of hydrogen-bond acceptors (Lipinski definition) is 3. The lowest BCUT2D eigenvalue weighted by Gasteiger charge is -2.32. The third kappa shape index (κ3) is 7.64. The van der Waals surface area contributed by atoms with E-state index in [0.717, 1.165) is 43.8 Å². The quantitative estimate of drug-likeness (QED) is 0.332. The lowest BCUT2D eigenvalue weighted by atomic mass is 9.79. The van der Waals surface area contributed by atoms with E-state index in [-0.39, 0.29) is 0 Å². The highest BCUT2D eigenvalue weighted by Crippen LogP contribution is 2.37. The van der Waals surface area contributed by atoms with Gasteiger partial charge in [-0.3, -0.25) is 0 Å². The maximum absolute atomic E-state index is 12.7. The molecule has 0 amide bonds. The molecule has 164 valence electrons. The molecule has 0 heterocycles. The van der Waals surface area contributed by atoms with Crippen LogP contribution in [-0.4, -0.2) is 12.7 Å². The highest BCUT2D eigenvalue weighted by atomic mass is 19.1. The highest BCUT2D eigenvalue weighted by molar-refractivity contribution is 5.33. The molecule has 0 aromatic heterocycles. The summed E-state index contributed by atoms with van der Waals surface area (Å²) in [5.41, 5.74) is 2.11. The molecule has 0 atom stereocenters. The summed E-state index contributed by atoms with van der Waals surface area (Å²) in [6, 6.07) is 11.8. The van der Waals surface area contributed by atoms with Crippen LogP contribution in [0, 0.1) is 34.5 Å². The first-order chi connectivity index (χ1) is 15.2. The minimum absolute atomic E-state index is 0.413. The van der Waals surface area contributed by atoms with Gasteiger partial charge in [-0.2, -0.15) is 14.9 Å². The zero-order chi connectivity index (χ0) is 21.9. The molecule has 1 aromatic rings. The normalized spacial score (nSPS) is 27.0. The lowest BCUT2D eigenvalue weighted by Crippen LogP contribution is -2.25. The van der Waals surface area contributed by atoms with Crippen molar-refractivity contribution in [1.82, 2.24) is 0 Å². The molecular weight excluding hydrogens is 387 g/mol. The maximum atomic E-state index is 12.7. The number of allylic oxidation sites excluding steroid dienone is 4. The van der Waals surface area contributed by atoms with E-state index in [1.807, 2.05) is 18.2 Å². The van der Waals surface area contributed by atoms with Crippen LogP contribution < -0.4 is 0 Å². The molecule has 4 heteroatoms. The fraction of sp³-hybridized carbons (Fsp3) is 0.556. The van der Waals surface area contributed by atoms with Crippen molar-refractivity contribution in [3.8, 4) is 12.1 Å². The zero-order valence-corrected chi connectivity index (χ0v) is 18.3. The first-order valence-electron chi connectivity index (χ1n) is 11.7. The van der Waals surface area contributed by atoms with Gasteiger partial charge in [0, 0.05) is 6.61 Å².